The molecule has 7 heteroatoms. The number of hydrogen-bond acceptors (Lipinski definition) is 3. The topological polar surface area (TPSA) is 50.4 Å². The molecule has 2 N–H and O–H groups in total. The van der Waals surface area contributed by atoms with Crippen LogP contribution in [-0.4, -0.2) is 26.1 Å². The van der Waals surface area contributed by atoms with Gasteiger partial charge in [-0.3, -0.25) is 4.79 Å². The van der Waals surface area contributed by atoms with E-state index in [-0.39, 0.29) is 12.5 Å². The number of carbonyl (C=O) groups excluding carboxylic acids is 1. The first-order valence-electron chi connectivity index (χ1n) is 7.69. The van der Waals surface area contributed by atoms with Gasteiger partial charge in [-0.05, 0) is 54.9 Å². The number of halogens is 3. The number of carbonyl (C=O) groups is 1. The van der Waals surface area contributed by atoms with Crippen molar-refractivity contribution in [3.05, 3.63) is 59.7 Å². The van der Waals surface area contributed by atoms with E-state index in [1.165, 1.54) is 12.1 Å². The van der Waals surface area contributed by atoms with Crippen molar-refractivity contribution in [3.8, 4) is 5.75 Å². The quantitative estimate of drug-likeness (QED) is 0.750. The van der Waals surface area contributed by atoms with Gasteiger partial charge in [-0.25, -0.2) is 0 Å². The Hall–Kier alpha value is -2.54. The van der Waals surface area contributed by atoms with Crippen molar-refractivity contribution in [2.75, 3.05) is 25.5 Å². The van der Waals surface area contributed by atoms with Crippen LogP contribution >= 0.6 is 0 Å². The second-order valence-corrected chi connectivity index (χ2v) is 5.40. The Kier molecular flexibility index (Phi) is 6.41. The number of hydrogen-bond donors (Lipinski definition) is 2. The molecule has 134 valence electrons. The highest BCUT2D eigenvalue weighted by atomic mass is 19.4. The molecule has 0 unspecified atom stereocenters. The van der Waals surface area contributed by atoms with E-state index in [1.54, 1.807) is 7.11 Å². The summed E-state index contributed by atoms with van der Waals surface area (Å²) in [7, 11) is 1.60. The first kappa shape index (κ1) is 18.8. The fourth-order valence-corrected chi connectivity index (χ4v) is 2.17. The van der Waals surface area contributed by atoms with Crippen molar-refractivity contribution in [2.24, 2.45) is 0 Å². The average Bonchev–Trinajstić information content (AvgIpc) is 2.59. The van der Waals surface area contributed by atoms with Gasteiger partial charge in [0.1, 0.15) is 5.75 Å². The number of ether oxygens (including phenoxy) is 1. The maximum absolute atomic E-state index is 12.5. The molecule has 25 heavy (non-hydrogen) atoms. The highest BCUT2D eigenvalue weighted by molar-refractivity contribution is 5.92. The predicted octanol–water partition coefficient (Wildman–Crippen LogP) is 3.48. The molecule has 0 aliphatic carbocycles. The highest BCUT2D eigenvalue weighted by Crippen LogP contribution is 2.29. The van der Waals surface area contributed by atoms with E-state index in [0.717, 1.165) is 29.9 Å². The second-order valence-electron chi connectivity index (χ2n) is 5.40. The molecule has 0 spiro atoms. The summed E-state index contributed by atoms with van der Waals surface area (Å²) in [5.74, 6) is 0.474. The molecule has 0 saturated carbocycles. The Morgan fingerprint density at radius 2 is 1.68 bits per heavy atom. The van der Waals surface area contributed by atoms with Gasteiger partial charge in [-0.1, -0.05) is 12.1 Å². The Morgan fingerprint density at radius 3 is 2.24 bits per heavy atom. The molecule has 4 nitrogen and oxygen atoms in total. The predicted molar refractivity (Wildman–Crippen MR) is 89.6 cm³/mol. The van der Waals surface area contributed by atoms with Crippen molar-refractivity contribution < 1.29 is 22.7 Å². The molecular weight excluding hydrogens is 333 g/mol. The summed E-state index contributed by atoms with van der Waals surface area (Å²) in [4.78, 5) is 11.8. The number of benzene rings is 2. The van der Waals surface area contributed by atoms with Crippen LogP contribution in [0.4, 0.5) is 18.9 Å². The van der Waals surface area contributed by atoms with Crippen LogP contribution in [-0.2, 0) is 17.4 Å². The molecule has 0 saturated heterocycles. The van der Waals surface area contributed by atoms with Crippen LogP contribution < -0.4 is 15.4 Å². The minimum absolute atomic E-state index is 0.0805. The lowest BCUT2D eigenvalue weighted by molar-refractivity contribution is -0.137. The SMILES string of the molecule is COc1ccc(CCNCC(=O)Nc2ccc(C(F)(F)F)cc2)cc1. The molecular formula is C18H19F3N2O2. The van der Waals surface area contributed by atoms with E-state index in [0.29, 0.717) is 12.2 Å². The number of anilines is 1. The summed E-state index contributed by atoms with van der Waals surface area (Å²) in [6.07, 6.45) is -3.64. The van der Waals surface area contributed by atoms with Crippen LogP contribution in [0.3, 0.4) is 0 Å². The minimum Gasteiger partial charge on any atom is -0.497 e. The van der Waals surface area contributed by atoms with Crippen molar-refractivity contribution in [1.29, 1.82) is 0 Å². The van der Waals surface area contributed by atoms with Gasteiger partial charge in [-0.15, -0.1) is 0 Å². The molecule has 0 atom stereocenters. The molecule has 0 aliphatic heterocycles. The third-order valence-electron chi connectivity index (χ3n) is 3.53. The third kappa shape index (κ3) is 6.11. The molecule has 2 aromatic carbocycles. The standard InChI is InChI=1S/C18H19F3N2O2/c1-25-16-8-2-13(3-9-16)10-11-22-12-17(24)23-15-6-4-14(5-7-15)18(19,20)21/h2-9,22H,10-12H2,1H3,(H,23,24). The summed E-state index contributed by atoms with van der Waals surface area (Å²) in [6, 6.07) is 12.0. The number of amides is 1. The van der Waals surface area contributed by atoms with Gasteiger partial charge in [-0.2, -0.15) is 13.2 Å². The fourth-order valence-electron chi connectivity index (χ4n) is 2.17. The zero-order chi connectivity index (χ0) is 18.3. The number of alkyl halides is 3. The van der Waals surface area contributed by atoms with Gasteiger partial charge in [0.2, 0.25) is 5.91 Å². The molecule has 2 aromatic rings. The lowest BCUT2D eigenvalue weighted by Crippen LogP contribution is -2.29. The Bertz CT molecular complexity index is 683. The normalized spacial score (nSPS) is 11.2. The first-order chi connectivity index (χ1) is 11.9. The van der Waals surface area contributed by atoms with Gasteiger partial charge in [0.15, 0.2) is 0 Å². The summed E-state index contributed by atoms with van der Waals surface area (Å²) >= 11 is 0. The number of methoxy groups -OCH3 is 1. The van der Waals surface area contributed by atoms with Gasteiger partial charge in [0, 0.05) is 5.69 Å². The van der Waals surface area contributed by atoms with Gasteiger partial charge in [0.25, 0.3) is 0 Å². The summed E-state index contributed by atoms with van der Waals surface area (Å²) in [5, 5.41) is 5.54. The summed E-state index contributed by atoms with van der Waals surface area (Å²) < 4.78 is 42.5. The van der Waals surface area contributed by atoms with Gasteiger partial charge >= 0.3 is 6.18 Å². The largest absolute Gasteiger partial charge is 0.497 e. The molecule has 0 bridgehead atoms. The monoisotopic (exact) mass is 352 g/mol. The Labute approximate surface area is 144 Å². The van der Waals surface area contributed by atoms with E-state index >= 15 is 0 Å². The Balaban J connectivity index is 1.71. The molecule has 0 radical (unpaired) electrons. The van der Waals surface area contributed by atoms with E-state index in [4.69, 9.17) is 4.74 Å². The summed E-state index contributed by atoms with van der Waals surface area (Å²) in [5.41, 5.74) is 0.689. The lowest BCUT2D eigenvalue weighted by atomic mass is 10.1. The van der Waals surface area contributed by atoms with Crippen molar-refractivity contribution in [2.45, 2.75) is 12.6 Å². The zero-order valence-electron chi connectivity index (χ0n) is 13.7. The number of rotatable bonds is 7. The fraction of sp³-hybridized carbons (Fsp3) is 0.278. The zero-order valence-corrected chi connectivity index (χ0v) is 13.7. The van der Waals surface area contributed by atoms with E-state index in [9.17, 15) is 18.0 Å². The minimum atomic E-state index is -4.38. The molecule has 0 aliphatic rings. The number of nitrogens with one attached hydrogen (secondary N) is 2. The van der Waals surface area contributed by atoms with Crippen LogP contribution in [0.25, 0.3) is 0 Å². The first-order valence-corrected chi connectivity index (χ1v) is 7.69. The van der Waals surface area contributed by atoms with E-state index < -0.39 is 11.7 Å². The average molecular weight is 352 g/mol. The van der Waals surface area contributed by atoms with Crippen LogP contribution in [0.2, 0.25) is 0 Å². The maximum Gasteiger partial charge on any atom is 0.416 e. The smallest absolute Gasteiger partial charge is 0.416 e. The van der Waals surface area contributed by atoms with E-state index in [1.807, 2.05) is 24.3 Å². The van der Waals surface area contributed by atoms with Crippen LogP contribution in [0.1, 0.15) is 11.1 Å². The molecule has 0 aromatic heterocycles. The van der Waals surface area contributed by atoms with Crippen molar-refractivity contribution in [1.82, 2.24) is 5.32 Å². The van der Waals surface area contributed by atoms with Gasteiger partial charge < -0.3 is 15.4 Å². The van der Waals surface area contributed by atoms with Crippen LogP contribution in [0.5, 0.6) is 5.75 Å². The van der Waals surface area contributed by atoms with Crippen molar-refractivity contribution >= 4 is 11.6 Å². The summed E-state index contributed by atoms with van der Waals surface area (Å²) in [6.45, 7) is 0.684. The van der Waals surface area contributed by atoms with E-state index in [2.05, 4.69) is 10.6 Å². The molecule has 0 fully saturated rings. The maximum atomic E-state index is 12.5. The molecule has 2 rings (SSSR count). The van der Waals surface area contributed by atoms with Crippen LogP contribution in [0, 0.1) is 0 Å². The van der Waals surface area contributed by atoms with Crippen LogP contribution in [0.15, 0.2) is 48.5 Å². The van der Waals surface area contributed by atoms with Crippen molar-refractivity contribution in [3.63, 3.8) is 0 Å². The molecule has 0 heterocycles. The highest BCUT2D eigenvalue weighted by Gasteiger charge is 2.29. The second kappa shape index (κ2) is 8.53. The third-order valence-corrected chi connectivity index (χ3v) is 3.53. The lowest BCUT2D eigenvalue weighted by Gasteiger charge is -2.09. The Morgan fingerprint density at radius 1 is 1.04 bits per heavy atom. The molecule has 1 amide bonds. The van der Waals surface area contributed by atoms with Gasteiger partial charge in [0.05, 0.1) is 19.2 Å².